The maximum Gasteiger partial charge on any atom is 0.309 e. The normalized spacial score (nSPS) is 16.7. The molecule has 5 nitrogen and oxygen atoms in total. The van der Waals surface area contributed by atoms with Crippen LogP contribution >= 0.6 is 11.3 Å². The number of rotatable bonds is 4. The fraction of sp³-hybridized carbons (Fsp3) is 0.533. The highest BCUT2D eigenvalue weighted by atomic mass is 32.1. The fourth-order valence-corrected chi connectivity index (χ4v) is 3.93. The molecule has 0 bridgehead atoms. The zero-order chi connectivity index (χ0) is 14.8. The van der Waals surface area contributed by atoms with Gasteiger partial charge in [0.1, 0.15) is 11.1 Å². The van der Waals surface area contributed by atoms with Gasteiger partial charge in [0.25, 0.3) is 5.91 Å². The third kappa shape index (κ3) is 2.79. The molecule has 1 fully saturated rings. The van der Waals surface area contributed by atoms with E-state index >= 15 is 0 Å². The van der Waals surface area contributed by atoms with Crippen LogP contribution in [-0.4, -0.2) is 18.5 Å². The summed E-state index contributed by atoms with van der Waals surface area (Å²) in [6, 6.07) is 2.17. The fourth-order valence-electron chi connectivity index (χ4n) is 2.67. The summed E-state index contributed by atoms with van der Waals surface area (Å²) < 4.78 is 5.00. The van der Waals surface area contributed by atoms with Crippen molar-refractivity contribution >= 4 is 28.2 Å². The molecule has 2 aliphatic rings. The number of nitrogens with zero attached hydrogens (tertiary/aromatic N) is 1. The Balaban J connectivity index is 1.58. The second-order valence-electron chi connectivity index (χ2n) is 5.46. The van der Waals surface area contributed by atoms with Gasteiger partial charge in [-0.25, -0.2) is 0 Å². The molecule has 1 amide bonds. The summed E-state index contributed by atoms with van der Waals surface area (Å²) in [5.74, 6) is -0.692. The smallest absolute Gasteiger partial charge is 0.309 e. The highest BCUT2D eigenvalue weighted by molar-refractivity contribution is 7.16. The molecule has 0 spiro atoms. The number of anilines is 1. The van der Waals surface area contributed by atoms with Crippen LogP contribution in [0.4, 0.5) is 5.00 Å². The molecule has 1 heterocycles. The lowest BCUT2D eigenvalue weighted by Crippen LogP contribution is -2.28. The van der Waals surface area contributed by atoms with E-state index in [1.54, 1.807) is 0 Å². The number of ether oxygens (including phenoxy) is 1. The van der Waals surface area contributed by atoms with Crippen molar-refractivity contribution in [3.63, 3.8) is 0 Å². The molecule has 2 aliphatic carbocycles. The topological polar surface area (TPSA) is 79.2 Å². The molecule has 110 valence electrons. The lowest BCUT2D eigenvalue weighted by molar-refractivity contribution is -0.154. The highest BCUT2D eigenvalue weighted by Crippen LogP contribution is 2.38. The van der Waals surface area contributed by atoms with Crippen molar-refractivity contribution < 1.29 is 14.3 Å². The van der Waals surface area contributed by atoms with Crippen LogP contribution in [0.1, 0.15) is 41.7 Å². The Kier molecular flexibility index (Phi) is 3.93. The van der Waals surface area contributed by atoms with Crippen LogP contribution in [0.25, 0.3) is 0 Å². The van der Waals surface area contributed by atoms with E-state index in [9.17, 15) is 14.9 Å². The van der Waals surface area contributed by atoms with E-state index in [0.29, 0.717) is 10.6 Å². The number of nitrogens with one attached hydrogen (secondary N) is 1. The predicted octanol–water partition coefficient (Wildman–Crippen LogP) is 2.39. The van der Waals surface area contributed by atoms with E-state index in [0.717, 1.165) is 44.1 Å². The molecule has 1 aromatic heterocycles. The number of hydrogen-bond donors (Lipinski definition) is 1. The Labute approximate surface area is 126 Å². The number of aryl methyl sites for hydroxylation is 1. The summed E-state index contributed by atoms with van der Waals surface area (Å²) in [5.41, 5.74) is 1.65. The van der Waals surface area contributed by atoms with Gasteiger partial charge < -0.3 is 10.1 Å². The standard InChI is InChI=1S/C15H16N2O3S/c16-7-11-10-5-2-6-12(10)21-14(11)17-13(18)8-20-15(19)9-3-1-4-9/h9H,1-6,8H2,(H,17,18). The Morgan fingerprint density at radius 1 is 1.33 bits per heavy atom. The molecule has 0 saturated heterocycles. The van der Waals surface area contributed by atoms with E-state index < -0.39 is 0 Å². The van der Waals surface area contributed by atoms with Crippen molar-refractivity contribution in [2.24, 2.45) is 5.92 Å². The van der Waals surface area contributed by atoms with Crippen LogP contribution < -0.4 is 5.32 Å². The largest absolute Gasteiger partial charge is 0.455 e. The molecular weight excluding hydrogens is 288 g/mol. The Hall–Kier alpha value is -1.87. The molecule has 0 aliphatic heterocycles. The maximum absolute atomic E-state index is 11.8. The van der Waals surface area contributed by atoms with Gasteiger partial charge >= 0.3 is 5.97 Å². The SMILES string of the molecule is N#Cc1c(NC(=O)COC(=O)C2CCC2)sc2c1CCC2. The van der Waals surface area contributed by atoms with Gasteiger partial charge in [0.15, 0.2) is 6.61 Å². The van der Waals surface area contributed by atoms with Crippen molar-refractivity contribution in [1.29, 1.82) is 5.26 Å². The van der Waals surface area contributed by atoms with E-state index in [2.05, 4.69) is 11.4 Å². The van der Waals surface area contributed by atoms with Gasteiger partial charge in [-0.1, -0.05) is 6.42 Å². The summed E-state index contributed by atoms with van der Waals surface area (Å²) in [5, 5.41) is 12.5. The molecule has 1 saturated carbocycles. The molecule has 1 N–H and O–H groups in total. The molecule has 21 heavy (non-hydrogen) atoms. The Morgan fingerprint density at radius 2 is 2.14 bits per heavy atom. The quantitative estimate of drug-likeness (QED) is 0.866. The van der Waals surface area contributed by atoms with E-state index in [1.165, 1.54) is 16.2 Å². The van der Waals surface area contributed by atoms with Crippen LogP contribution in [0.5, 0.6) is 0 Å². The van der Waals surface area contributed by atoms with Gasteiger partial charge in [0.05, 0.1) is 11.5 Å². The zero-order valence-electron chi connectivity index (χ0n) is 11.6. The summed E-state index contributed by atoms with van der Waals surface area (Å²) >= 11 is 1.46. The maximum atomic E-state index is 11.8. The number of carbonyl (C=O) groups excluding carboxylic acids is 2. The van der Waals surface area contributed by atoms with Crippen LogP contribution in [-0.2, 0) is 27.2 Å². The van der Waals surface area contributed by atoms with Crippen LogP contribution in [0.3, 0.4) is 0 Å². The van der Waals surface area contributed by atoms with Gasteiger partial charge in [0.2, 0.25) is 0 Å². The first-order chi connectivity index (χ1) is 10.2. The average Bonchev–Trinajstić information content (AvgIpc) is 2.94. The minimum Gasteiger partial charge on any atom is -0.455 e. The zero-order valence-corrected chi connectivity index (χ0v) is 12.4. The number of thiophene rings is 1. The molecule has 1 aromatic rings. The number of nitriles is 1. The molecule has 0 aromatic carbocycles. The summed E-state index contributed by atoms with van der Waals surface area (Å²) in [6.07, 6.45) is 5.72. The second kappa shape index (κ2) is 5.86. The first-order valence-electron chi connectivity index (χ1n) is 7.20. The third-order valence-corrected chi connectivity index (χ3v) is 5.28. The van der Waals surface area contributed by atoms with Crippen molar-refractivity contribution in [1.82, 2.24) is 0 Å². The van der Waals surface area contributed by atoms with Crippen molar-refractivity contribution in [3.05, 3.63) is 16.0 Å². The minimum absolute atomic E-state index is 0.0296. The van der Waals surface area contributed by atoms with Crippen LogP contribution in [0.15, 0.2) is 0 Å². The van der Waals surface area contributed by atoms with Gasteiger partial charge in [-0.2, -0.15) is 5.26 Å². The molecule has 0 atom stereocenters. The monoisotopic (exact) mass is 304 g/mol. The second-order valence-corrected chi connectivity index (χ2v) is 6.56. The van der Waals surface area contributed by atoms with Crippen molar-refractivity contribution in [2.45, 2.75) is 38.5 Å². The van der Waals surface area contributed by atoms with Crippen molar-refractivity contribution in [2.75, 3.05) is 11.9 Å². The number of carbonyl (C=O) groups is 2. The number of amides is 1. The van der Waals surface area contributed by atoms with Gasteiger partial charge in [-0.05, 0) is 37.7 Å². The highest BCUT2D eigenvalue weighted by Gasteiger charge is 2.27. The van der Waals surface area contributed by atoms with E-state index in [4.69, 9.17) is 4.74 Å². The summed E-state index contributed by atoms with van der Waals surface area (Å²) in [4.78, 5) is 24.6. The van der Waals surface area contributed by atoms with Crippen molar-refractivity contribution in [3.8, 4) is 6.07 Å². The number of fused-ring (bicyclic) bond motifs is 1. The number of esters is 1. The average molecular weight is 304 g/mol. The van der Waals surface area contributed by atoms with E-state index in [-0.39, 0.29) is 24.4 Å². The third-order valence-electron chi connectivity index (χ3n) is 4.07. The minimum atomic E-state index is -0.376. The summed E-state index contributed by atoms with van der Waals surface area (Å²) in [6.45, 7) is -0.275. The van der Waals surface area contributed by atoms with Gasteiger partial charge in [0, 0.05) is 4.88 Å². The lowest BCUT2D eigenvalue weighted by atomic mass is 9.86. The van der Waals surface area contributed by atoms with Crippen LogP contribution in [0.2, 0.25) is 0 Å². The van der Waals surface area contributed by atoms with E-state index in [1.807, 2.05) is 0 Å². The van der Waals surface area contributed by atoms with Gasteiger partial charge in [-0.15, -0.1) is 11.3 Å². The molecular formula is C15H16N2O3S. The molecule has 0 unspecified atom stereocenters. The lowest BCUT2D eigenvalue weighted by Gasteiger charge is -2.22. The Morgan fingerprint density at radius 3 is 2.81 bits per heavy atom. The first kappa shape index (κ1) is 14.1. The van der Waals surface area contributed by atoms with Gasteiger partial charge in [-0.3, -0.25) is 9.59 Å². The summed E-state index contributed by atoms with van der Waals surface area (Å²) in [7, 11) is 0. The molecule has 6 heteroatoms. The number of hydrogen-bond acceptors (Lipinski definition) is 5. The van der Waals surface area contributed by atoms with Crippen LogP contribution in [0, 0.1) is 17.2 Å². The molecule has 3 rings (SSSR count). The Bertz CT molecular complexity index is 626. The first-order valence-corrected chi connectivity index (χ1v) is 8.02. The molecule has 0 radical (unpaired) electrons. The predicted molar refractivity (Wildman–Crippen MR) is 78.0 cm³/mol.